The van der Waals surface area contributed by atoms with Crippen molar-refractivity contribution in [1.82, 2.24) is 5.32 Å². The minimum atomic E-state index is -0.561. The van der Waals surface area contributed by atoms with Crippen LogP contribution in [0.4, 0.5) is 0 Å². The van der Waals surface area contributed by atoms with Crippen LogP contribution in [0, 0.1) is 25.7 Å². The third-order valence-electron chi connectivity index (χ3n) is 6.44. The van der Waals surface area contributed by atoms with E-state index in [1.807, 2.05) is 39.0 Å². The number of carbonyl (C=O) groups excluding carboxylic acids is 1. The summed E-state index contributed by atoms with van der Waals surface area (Å²) >= 11 is 0. The van der Waals surface area contributed by atoms with Crippen LogP contribution >= 0.6 is 0 Å². The monoisotopic (exact) mass is 343 g/mol. The van der Waals surface area contributed by atoms with Crippen LogP contribution in [-0.2, 0) is 4.79 Å². The van der Waals surface area contributed by atoms with E-state index in [-0.39, 0.29) is 11.4 Å². The number of aliphatic hydroxyl groups is 1. The maximum absolute atomic E-state index is 12.8. The first-order chi connectivity index (χ1) is 11.8. The lowest BCUT2D eigenvalue weighted by Crippen LogP contribution is -2.66. The molecule has 5 rings (SSSR count). The first kappa shape index (κ1) is 16.9. The van der Waals surface area contributed by atoms with E-state index < -0.39 is 11.7 Å². The lowest BCUT2D eigenvalue weighted by molar-refractivity contribution is -0.153. The van der Waals surface area contributed by atoms with E-state index in [1.54, 1.807) is 0 Å². The topological polar surface area (TPSA) is 58.6 Å². The van der Waals surface area contributed by atoms with Crippen molar-refractivity contribution in [3.05, 3.63) is 29.3 Å². The molecule has 4 aliphatic carbocycles. The van der Waals surface area contributed by atoms with Gasteiger partial charge >= 0.3 is 0 Å². The Bertz CT molecular complexity index is 684. The second-order valence-corrected chi connectivity index (χ2v) is 8.98. The van der Waals surface area contributed by atoms with Gasteiger partial charge in [0, 0.05) is 5.54 Å². The fourth-order valence-electron chi connectivity index (χ4n) is 5.80. The number of amides is 1. The molecular weight excluding hydrogens is 314 g/mol. The fraction of sp³-hybridized carbons (Fsp3) is 0.667. The van der Waals surface area contributed by atoms with E-state index in [0.29, 0.717) is 18.3 Å². The van der Waals surface area contributed by atoms with Crippen molar-refractivity contribution in [2.24, 2.45) is 11.8 Å². The van der Waals surface area contributed by atoms with Gasteiger partial charge in [0.05, 0.1) is 5.60 Å². The summed E-state index contributed by atoms with van der Waals surface area (Å²) in [5.74, 6) is 1.82. The first-order valence-electron chi connectivity index (χ1n) is 9.54. The van der Waals surface area contributed by atoms with Gasteiger partial charge in [-0.3, -0.25) is 4.79 Å². The molecule has 0 radical (unpaired) electrons. The molecule has 1 aromatic carbocycles. The van der Waals surface area contributed by atoms with Gasteiger partial charge < -0.3 is 15.2 Å². The summed E-state index contributed by atoms with van der Waals surface area (Å²) in [4.78, 5) is 12.8. The van der Waals surface area contributed by atoms with Crippen molar-refractivity contribution in [3.8, 4) is 5.75 Å². The van der Waals surface area contributed by atoms with Crippen LogP contribution in [0.5, 0.6) is 5.75 Å². The van der Waals surface area contributed by atoms with Gasteiger partial charge in [-0.1, -0.05) is 12.1 Å². The number of rotatable bonds is 4. The van der Waals surface area contributed by atoms with Gasteiger partial charge in [-0.2, -0.15) is 0 Å². The van der Waals surface area contributed by atoms with Crippen LogP contribution in [0.1, 0.15) is 56.6 Å². The minimum absolute atomic E-state index is 0.0635. The normalized spacial score (nSPS) is 37.0. The average molecular weight is 343 g/mol. The number of carbonyl (C=O) groups is 1. The van der Waals surface area contributed by atoms with Crippen LogP contribution in [0.2, 0.25) is 0 Å². The Hall–Kier alpha value is -1.55. The highest BCUT2D eigenvalue weighted by molar-refractivity contribution is 5.81. The van der Waals surface area contributed by atoms with Crippen molar-refractivity contribution >= 4 is 5.91 Å². The number of aryl methyl sites for hydroxylation is 2. The molecule has 4 bridgehead atoms. The maximum atomic E-state index is 12.8. The second kappa shape index (κ2) is 5.73. The lowest BCUT2D eigenvalue weighted by atomic mass is 9.51. The number of hydrogen-bond donors (Lipinski definition) is 2. The lowest BCUT2D eigenvalue weighted by Gasteiger charge is -2.60. The molecule has 4 aliphatic rings. The van der Waals surface area contributed by atoms with E-state index in [4.69, 9.17) is 4.74 Å². The smallest absolute Gasteiger partial charge is 0.261 e. The molecule has 0 aliphatic heterocycles. The molecule has 136 valence electrons. The molecule has 0 aromatic heterocycles. The summed E-state index contributed by atoms with van der Waals surface area (Å²) in [6.45, 7) is 5.83. The van der Waals surface area contributed by atoms with Crippen molar-refractivity contribution in [3.63, 3.8) is 0 Å². The van der Waals surface area contributed by atoms with Gasteiger partial charge in [0.2, 0.25) is 0 Å². The number of hydrogen-bond acceptors (Lipinski definition) is 3. The van der Waals surface area contributed by atoms with E-state index in [0.717, 1.165) is 42.6 Å². The molecule has 3 atom stereocenters. The number of benzene rings is 1. The summed E-state index contributed by atoms with van der Waals surface area (Å²) < 4.78 is 5.95. The quantitative estimate of drug-likeness (QED) is 0.882. The Labute approximate surface area is 150 Å². The molecule has 0 heterocycles. The predicted octanol–water partition coefficient (Wildman–Crippen LogP) is 3.27. The summed E-state index contributed by atoms with van der Waals surface area (Å²) in [6, 6.07) is 6.04. The van der Waals surface area contributed by atoms with Crippen molar-refractivity contribution in [1.29, 1.82) is 0 Å². The molecule has 4 saturated carbocycles. The number of ether oxygens (including phenoxy) is 1. The fourth-order valence-corrected chi connectivity index (χ4v) is 5.80. The highest BCUT2D eigenvalue weighted by atomic mass is 16.5. The molecule has 0 spiro atoms. The van der Waals surface area contributed by atoms with E-state index in [2.05, 4.69) is 5.32 Å². The third-order valence-corrected chi connectivity index (χ3v) is 6.44. The van der Waals surface area contributed by atoms with Gasteiger partial charge in [-0.25, -0.2) is 0 Å². The first-order valence-corrected chi connectivity index (χ1v) is 9.54. The summed E-state index contributed by atoms with van der Waals surface area (Å²) in [7, 11) is 0. The second-order valence-electron chi connectivity index (χ2n) is 8.98. The van der Waals surface area contributed by atoms with E-state index in [1.165, 1.54) is 6.42 Å². The maximum Gasteiger partial charge on any atom is 0.261 e. The van der Waals surface area contributed by atoms with Crippen LogP contribution in [0.15, 0.2) is 18.2 Å². The van der Waals surface area contributed by atoms with Gasteiger partial charge in [0.15, 0.2) is 6.10 Å². The van der Waals surface area contributed by atoms with Crippen LogP contribution in [0.25, 0.3) is 0 Å². The largest absolute Gasteiger partial charge is 0.481 e. The molecule has 1 amide bonds. The van der Waals surface area contributed by atoms with E-state index in [9.17, 15) is 9.90 Å². The Kier molecular flexibility index (Phi) is 3.87. The highest BCUT2D eigenvalue weighted by Crippen LogP contribution is 2.57. The van der Waals surface area contributed by atoms with Crippen LogP contribution in [-0.4, -0.2) is 28.3 Å². The average Bonchev–Trinajstić information content (AvgIpc) is 2.47. The zero-order valence-electron chi connectivity index (χ0n) is 15.5. The molecule has 0 unspecified atom stereocenters. The Morgan fingerprint density at radius 1 is 1.24 bits per heavy atom. The van der Waals surface area contributed by atoms with E-state index >= 15 is 0 Å². The Balaban J connectivity index is 1.46. The summed E-state index contributed by atoms with van der Waals surface area (Å²) in [6.07, 6.45) is 5.22. The molecular formula is C21H29NO3. The summed E-state index contributed by atoms with van der Waals surface area (Å²) in [5, 5.41) is 14.1. The van der Waals surface area contributed by atoms with Gasteiger partial charge in [-0.15, -0.1) is 0 Å². The van der Waals surface area contributed by atoms with Crippen molar-refractivity contribution in [2.45, 2.75) is 76.5 Å². The molecule has 1 aromatic rings. The zero-order chi connectivity index (χ0) is 17.8. The molecule has 2 N–H and O–H groups in total. The number of nitrogens with one attached hydrogen (secondary N) is 1. The van der Waals surface area contributed by atoms with Crippen molar-refractivity contribution in [2.75, 3.05) is 0 Å². The van der Waals surface area contributed by atoms with Gasteiger partial charge in [0.1, 0.15) is 5.75 Å². The summed E-state index contributed by atoms with van der Waals surface area (Å²) in [5.41, 5.74) is 1.37. The standard InChI is InChI=1S/C21H29NO3/c1-13-4-5-14(2)18(6-13)25-15(3)19(23)22-20-8-16-7-17(9-20)11-21(24,10-16)12-20/h4-6,15-17,24H,7-12H2,1-3H3,(H,22,23)/t15-,16-,17-,20?,21?/m1/s1. The molecule has 4 fully saturated rings. The Morgan fingerprint density at radius 2 is 1.92 bits per heavy atom. The molecule has 4 nitrogen and oxygen atoms in total. The zero-order valence-corrected chi connectivity index (χ0v) is 15.5. The molecule has 4 heteroatoms. The van der Waals surface area contributed by atoms with Crippen molar-refractivity contribution < 1.29 is 14.6 Å². The van der Waals surface area contributed by atoms with Gasteiger partial charge in [-0.05, 0) is 88.3 Å². The van der Waals surface area contributed by atoms with Crippen LogP contribution < -0.4 is 10.1 Å². The molecule has 25 heavy (non-hydrogen) atoms. The minimum Gasteiger partial charge on any atom is -0.481 e. The third kappa shape index (κ3) is 3.17. The highest BCUT2D eigenvalue weighted by Gasteiger charge is 2.57. The molecule has 0 saturated heterocycles. The SMILES string of the molecule is Cc1ccc(C)c(O[C@H](C)C(=O)NC23C[C@H]4C[C@@H](CC(O)(C4)C2)C3)c1. The predicted molar refractivity (Wildman–Crippen MR) is 96.5 cm³/mol. The Morgan fingerprint density at radius 3 is 2.56 bits per heavy atom. The van der Waals surface area contributed by atoms with Crippen LogP contribution in [0.3, 0.4) is 0 Å². The van der Waals surface area contributed by atoms with Gasteiger partial charge in [0.25, 0.3) is 5.91 Å².